The van der Waals surface area contributed by atoms with Crippen LogP contribution in [0.15, 0.2) is 66.9 Å². The number of pyridine rings is 1. The summed E-state index contributed by atoms with van der Waals surface area (Å²) in [6.07, 6.45) is 5.22. The fourth-order valence-corrected chi connectivity index (χ4v) is 5.75. The van der Waals surface area contributed by atoms with Gasteiger partial charge in [0.15, 0.2) is 0 Å². The number of hydrogen-bond donors (Lipinski definition) is 3. The standard InChI is InChI=1S/C24H30N4O2S/c1-2-27-31(29,30)28-21-12-15-24(16-13-21,20-9-4-3-5-10-20)18-26-23-22-11-7-6-8-19(22)14-17-25-23/h3-11,14,17,21,27-28H,2,12-13,15-16,18H2,1H3,(H,25,26)/t21-,24+. The first-order chi connectivity index (χ1) is 15.0. The Morgan fingerprint density at radius 1 is 1.00 bits per heavy atom. The van der Waals surface area contributed by atoms with Gasteiger partial charge < -0.3 is 5.32 Å². The van der Waals surface area contributed by atoms with Gasteiger partial charge in [-0.05, 0) is 42.7 Å². The van der Waals surface area contributed by atoms with Gasteiger partial charge in [0.25, 0.3) is 10.2 Å². The molecule has 0 aliphatic heterocycles. The zero-order valence-electron chi connectivity index (χ0n) is 17.8. The smallest absolute Gasteiger partial charge is 0.277 e. The maximum absolute atomic E-state index is 12.1. The van der Waals surface area contributed by atoms with Gasteiger partial charge >= 0.3 is 0 Å². The second-order valence-electron chi connectivity index (χ2n) is 8.27. The molecule has 1 fully saturated rings. The Balaban J connectivity index is 1.53. The van der Waals surface area contributed by atoms with E-state index in [9.17, 15) is 8.42 Å². The molecule has 164 valence electrons. The molecule has 0 bridgehead atoms. The molecule has 0 amide bonds. The monoisotopic (exact) mass is 438 g/mol. The first kappa shape index (κ1) is 21.7. The van der Waals surface area contributed by atoms with Crippen LogP contribution in [0.2, 0.25) is 0 Å². The summed E-state index contributed by atoms with van der Waals surface area (Å²) in [7, 11) is -3.44. The number of rotatable bonds is 8. The number of benzene rings is 2. The van der Waals surface area contributed by atoms with Crippen LogP contribution in [0.1, 0.15) is 38.2 Å². The van der Waals surface area contributed by atoms with Gasteiger partial charge in [-0.2, -0.15) is 13.1 Å². The maximum atomic E-state index is 12.1. The highest BCUT2D eigenvalue weighted by Gasteiger charge is 2.37. The third-order valence-corrected chi connectivity index (χ3v) is 7.57. The van der Waals surface area contributed by atoms with E-state index in [4.69, 9.17) is 0 Å². The molecular weight excluding hydrogens is 408 g/mol. The summed E-state index contributed by atoms with van der Waals surface area (Å²) < 4.78 is 29.6. The molecule has 3 aromatic rings. The Morgan fingerprint density at radius 3 is 2.45 bits per heavy atom. The summed E-state index contributed by atoms with van der Waals surface area (Å²) >= 11 is 0. The van der Waals surface area contributed by atoms with Crippen molar-refractivity contribution in [2.75, 3.05) is 18.4 Å². The van der Waals surface area contributed by atoms with Crippen LogP contribution in [0.5, 0.6) is 0 Å². The molecule has 2 aromatic carbocycles. The lowest BCUT2D eigenvalue weighted by molar-refractivity contribution is 0.272. The highest BCUT2D eigenvalue weighted by Crippen LogP contribution is 2.40. The van der Waals surface area contributed by atoms with Crippen molar-refractivity contribution in [3.63, 3.8) is 0 Å². The number of anilines is 1. The van der Waals surface area contributed by atoms with Crippen LogP contribution in [-0.4, -0.2) is 32.5 Å². The van der Waals surface area contributed by atoms with Crippen LogP contribution in [0.3, 0.4) is 0 Å². The Labute approximate surface area is 184 Å². The topological polar surface area (TPSA) is 83.1 Å². The average molecular weight is 439 g/mol. The van der Waals surface area contributed by atoms with Gasteiger partial charge in [-0.15, -0.1) is 0 Å². The van der Waals surface area contributed by atoms with E-state index in [1.165, 1.54) is 5.56 Å². The largest absolute Gasteiger partial charge is 0.369 e. The molecule has 0 saturated heterocycles. The number of aromatic nitrogens is 1. The molecule has 1 aliphatic carbocycles. The predicted molar refractivity (Wildman–Crippen MR) is 126 cm³/mol. The van der Waals surface area contributed by atoms with Crippen molar-refractivity contribution in [3.8, 4) is 0 Å². The molecule has 0 unspecified atom stereocenters. The Kier molecular flexibility index (Phi) is 6.55. The van der Waals surface area contributed by atoms with Crippen molar-refractivity contribution in [3.05, 3.63) is 72.4 Å². The van der Waals surface area contributed by atoms with E-state index in [0.29, 0.717) is 6.54 Å². The Hall–Kier alpha value is -2.48. The molecule has 0 atom stereocenters. The van der Waals surface area contributed by atoms with Crippen molar-refractivity contribution < 1.29 is 8.42 Å². The quantitative estimate of drug-likeness (QED) is 0.497. The normalized spacial score (nSPS) is 21.8. The van der Waals surface area contributed by atoms with Crippen LogP contribution in [0, 0.1) is 0 Å². The lowest BCUT2D eigenvalue weighted by Gasteiger charge is -2.41. The number of fused-ring (bicyclic) bond motifs is 1. The summed E-state index contributed by atoms with van der Waals surface area (Å²) in [5.74, 6) is 0.892. The van der Waals surface area contributed by atoms with E-state index < -0.39 is 10.2 Å². The predicted octanol–water partition coefficient (Wildman–Crippen LogP) is 3.97. The summed E-state index contributed by atoms with van der Waals surface area (Å²) in [4.78, 5) is 4.59. The number of hydrogen-bond acceptors (Lipinski definition) is 4. The zero-order valence-corrected chi connectivity index (χ0v) is 18.7. The molecule has 7 heteroatoms. The minimum Gasteiger partial charge on any atom is -0.369 e. The minimum absolute atomic E-state index is 0.0448. The first-order valence-electron chi connectivity index (χ1n) is 10.9. The highest BCUT2D eigenvalue weighted by molar-refractivity contribution is 7.87. The molecule has 3 N–H and O–H groups in total. The molecule has 0 spiro atoms. The van der Waals surface area contributed by atoms with Gasteiger partial charge in [0.2, 0.25) is 0 Å². The summed E-state index contributed by atoms with van der Waals surface area (Å²) in [6.45, 7) is 2.93. The molecule has 1 heterocycles. The average Bonchev–Trinajstić information content (AvgIpc) is 2.79. The highest BCUT2D eigenvalue weighted by atomic mass is 32.2. The van der Waals surface area contributed by atoms with E-state index in [1.54, 1.807) is 6.92 Å². The molecule has 4 rings (SSSR count). The van der Waals surface area contributed by atoms with E-state index in [2.05, 4.69) is 56.1 Å². The van der Waals surface area contributed by atoms with Gasteiger partial charge in [0.05, 0.1) is 0 Å². The third kappa shape index (κ3) is 5.06. The van der Waals surface area contributed by atoms with Crippen LogP contribution in [-0.2, 0) is 15.6 Å². The second kappa shape index (κ2) is 9.34. The molecular formula is C24H30N4O2S. The van der Waals surface area contributed by atoms with Crippen LogP contribution in [0.4, 0.5) is 5.82 Å². The Morgan fingerprint density at radius 2 is 1.71 bits per heavy atom. The van der Waals surface area contributed by atoms with Crippen molar-refractivity contribution in [2.45, 2.75) is 44.1 Å². The van der Waals surface area contributed by atoms with Gasteiger partial charge in [-0.3, -0.25) is 0 Å². The van der Waals surface area contributed by atoms with E-state index >= 15 is 0 Å². The van der Waals surface area contributed by atoms with Gasteiger partial charge in [0, 0.05) is 36.1 Å². The van der Waals surface area contributed by atoms with Gasteiger partial charge in [-0.25, -0.2) is 9.71 Å². The number of nitrogens with one attached hydrogen (secondary N) is 3. The van der Waals surface area contributed by atoms with Crippen molar-refractivity contribution >= 4 is 26.8 Å². The fraction of sp³-hybridized carbons (Fsp3) is 0.375. The SMILES string of the molecule is CCNS(=O)(=O)N[C@H]1CC[C@@](CNc2nccc3ccccc23)(c2ccccc2)CC1. The lowest BCUT2D eigenvalue weighted by Crippen LogP contribution is -2.48. The van der Waals surface area contributed by atoms with E-state index in [-0.39, 0.29) is 11.5 Å². The molecule has 1 saturated carbocycles. The number of nitrogens with zero attached hydrogens (tertiary/aromatic N) is 1. The molecule has 6 nitrogen and oxygen atoms in total. The molecule has 0 radical (unpaired) electrons. The third-order valence-electron chi connectivity index (χ3n) is 6.25. The first-order valence-corrected chi connectivity index (χ1v) is 12.4. The van der Waals surface area contributed by atoms with Crippen LogP contribution >= 0.6 is 0 Å². The summed E-state index contributed by atoms with van der Waals surface area (Å²) in [5, 5.41) is 5.89. The van der Waals surface area contributed by atoms with Crippen molar-refractivity contribution in [1.82, 2.24) is 14.4 Å². The van der Waals surface area contributed by atoms with Crippen molar-refractivity contribution in [1.29, 1.82) is 0 Å². The van der Waals surface area contributed by atoms with Gasteiger partial charge in [0.1, 0.15) is 5.82 Å². The van der Waals surface area contributed by atoms with E-state index in [1.807, 2.05) is 30.5 Å². The summed E-state index contributed by atoms with van der Waals surface area (Å²) in [6, 6.07) is 20.8. The maximum Gasteiger partial charge on any atom is 0.277 e. The van der Waals surface area contributed by atoms with Crippen LogP contribution in [0.25, 0.3) is 10.8 Å². The van der Waals surface area contributed by atoms with Crippen molar-refractivity contribution in [2.24, 2.45) is 0 Å². The molecule has 31 heavy (non-hydrogen) atoms. The lowest BCUT2D eigenvalue weighted by atomic mass is 9.68. The fourth-order valence-electron chi connectivity index (χ4n) is 4.61. The van der Waals surface area contributed by atoms with E-state index in [0.717, 1.165) is 48.8 Å². The summed E-state index contributed by atoms with van der Waals surface area (Å²) in [5.41, 5.74) is 1.22. The van der Waals surface area contributed by atoms with Gasteiger partial charge in [-0.1, -0.05) is 61.5 Å². The molecule has 1 aliphatic rings. The van der Waals surface area contributed by atoms with Crippen LogP contribution < -0.4 is 14.8 Å². The molecule has 1 aromatic heterocycles. The zero-order chi connectivity index (χ0) is 21.7. The second-order valence-corrected chi connectivity index (χ2v) is 9.81. The minimum atomic E-state index is -3.44. The Bertz CT molecular complexity index is 1110.